The Balaban J connectivity index is 2.50. The van der Waals surface area contributed by atoms with Crippen LogP contribution < -0.4 is 0 Å². The Morgan fingerprint density at radius 2 is 2.07 bits per heavy atom. The van der Waals surface area contributed by atoms with Gasteiger partial charge in [-0.05, 0) is 12.3 Å². The van der Waals surface area contributed by atoms with Crippen molar-refractivity contribution in [2.75, 3.05) is 6.26 Å². The van der Waals surface area contributed by atoms with E-state index in [2.05, 4.69) is 18.2 Å². The smallest absolute Gasteiger partial charge is 0.142 e. The van der Waals surface area contributed by atoms with E-state index >= 15 is 0 Å². The zero-order chi connectivity index (χ0) is 10.9. The van der Waals surface area contributed by atoms with Crippen LogP contribution in [0.4, 0.5) is 0 Å². The van der Waals surface area contributed by atoms with Gasteiger partial charge >= 0.3 is 0 Å². The van der Waals surface area contributed by atoms with Crippen molar-refractivity contribution >= 4 is 10.8 Å². The van der Waals surface area contributed by atoms with Crippen molar-refractivity contribution in [3.05, 3.63) is 36.5 Å². The highest BCUT2D eigenvalue weighted by atomic mass is 32.2. The Morgan fingerprint density at radius 3 is 2.73 bits per heavy atom. The maximum atomic E-state index is 11.8. The number of nitriles is 1. The van der Waals surface area contributed by atoms with E-state index in [0.29, 0.717) is 6.42 Å². The summed E-state index contributed by atoms with van der Waals surface area (Å²) in [4.78, 5) is 0. The van der Waals surface area contributed by atoms with Gasteiger partial charge in [-0.2, -0.15) is 5.26 Å². The molecule has 0 aromatic rings. The summed E-state index contributed by atoms with van der Waals surface area (Å²) in [5.41, 5.74) is 0. The van der Waals surface area contributed by atoms with Gasteiger partial charge in [-0.25, -0.2) is 0 Å². The van der Waals surface area contributed by atoms with Gasteiger partial charge in [0.25, 0.3) is 0 Å². The van der Waals surface area contributed by atoms with Gasteiger partial charge in [-0.15, -0.1) is 0 Å². The standard InChI is InChI=1S/C12H13NOS/c1-15(14)12(9-13)8-10-4-2-3-5-11(12)7-6-10/h2-7,10-11H,8H2,1H3/b4-2?,5-3-/t10-,11+,12+,15?/m0/s1. The van der Waals surface area contributed by atoms with Gasteiger partial charge in [-0.3, -0.25) is 4.21 Å². The summed E-state index contributed by atoms with van der Waals surface area (Å²) in [5, 5.41) is 9.32. The van der Waals surface area contributed by atoms with Crippen LogP contribution in [0.15, 0.2) is 36.5 Å². The summed E-state index contributed by atoms with van der Waals surface area (Å²) in [6.45, 7) is 0. The van der Waals surface area contributed by atoms with Crippen LogP contribution in [0.2, 0.25) is 0 Å². The Hall–Kier alpha value is -1.14. The average molecular weight is 219 g/mol. The van der Waals surface area contributed by atoms with Gasteiger partial charge in [0.2, 0.25) is 0 Å². The summed E-state index contributed by atoms with van der Waals surface area (Å²) in [6.07, 6.45) is 14.4. The molecule has 2 bridgehead atoms. The minimum atomic E-state index is -1.13. The quantitative estimate of drug-likeness (QED) is 0.632. The number of rotatable bonds is 1. The van der Waals surface area contributed by atoms with Gasteiger partial charge < -0.3 is 0 Å². The average Bonchev–Trinajstić information content (AvgIpc) is 2.17. The van der Waals surface area contributed by atoms with Crippen LogP contribution in [-0.4, -0.2) is 15.2 Å². The fourth-order valence-corrected chi connectivity index (χ4v) is 3.30. The fourth-order valence-electron chi connectivity index (χ4n) is 2.21. The third-order valence-corrected chi connectivity index (χ3v) is 4.69. The van der Waals surface area contributed by atoms with Crippen LogP contribution in [0.25, 0.3) is 0 Å². The van der Waals surface area contributed by atoms with E-state index in [-0.39, 0.29) is 11.8 Å². The van der Waals surface area contributed by atoms with E-state index in [1.807, 2.05) is 24.3 Å². The molecule has 0 amide bonds. The lowest BCUT2D eigenvalue weighted by Gasteiger charge is -2.35. The van der Waals surface area contributed by atoms with Gasteiger partial charge in [0.1, 0.15) is 4.75 Å². The molecule has 78 valence electrons. The maximum absolute atomic E-state index is 11.8. The molecule has 1 unspecified atom stereocenters. The van der Waals surface area contributed by atoms with Crippen molar-refractivity contribution in [1.29, 1.82) is 5.26 Å². The van der Waals surface area contributed by atoms with Crippen LogP contribution in [-0.2, 0) is 10.8 Å². The Kier molecular flexibility index (Phi) is 2.62. The second-order valence-electron chi connectivity index (χ2n) is 4.00. The monoisotopic (exact) mass is 219 g/mol. The van der Waals surface area contributed by atoms with Gasteiger partial charge in [0.05, 0.1) is 6.07 Å². The van der Waals surface area contributed by atoms with E-state index in [1.54, 1.807) is 6.26 Å². The number of hydrogen-bond acceptors (Lipinski definition) is 2. The van der Waals surface area contributed by atoms with Crippen LogP contribution >= 0.6 is 0 Å². The lowest BCUT2D eigenvalue weighted by Crippen LogP contribution is -2.43. The molecule has 0 fully saturated rings. The molecule has 0 aromatic carbocycles. The third kappa shape index (κ3) is 1.59. The molecule has 3 aliphatic carbocycles. The number of nitrogens with zero attached hydrogens (tertiary/aromatic N) is 1. The van der Waals surface area contributed by atoms with Gasteiger partial charge in [0, 0.05) is 23.0 Å². The lowest BCUT2D eigenvalue weighted by atomic mass is 9.77. The lowest BCUT2D eigenvalue weighted by molar-refractivity contribution is 0.483. The van der Waals surface area contributed by atoms with Crippen molar-refractivity contribution in [1.82, 2.24) is 0 Å². The molecule has 0 N–H and O–H groups in total. The Bertz CT molecular complexity index is 416. The van der Waals surface area contributed by atoms with E-state index in [1.165, 1.54) is 0 Å². The highest BCUT2D eigenvalue weighted by Gasteiger charge is 2.44. The number of allylic oxidation sites excluding steroid dienone is 6. The van der Waals surface area contributed by atoms with Crippen LogP contribution in [0.1, 0.15) is 6.42 Å². The first kappa shape index (κ1) is 10.4. The molecule has 3 heteroatoms. The minimum Gasteiger partial charge on any atom is -0.258 e. The summed E-state index contributed by atoms with van der Waals surface area (Å²) < 4.78 is 11.1. The molecular formula is C12H13NOS. The highest BCUT2D eigenvalue weighted by molar-refractivity contribution is 7.86. The van der Waals surface area contributed by atoms with Crippen molar-refractivity contribution in [3.63, 3.8) is 0 Å². The number of hydrogen-bond donors (Lipinski definition) is 0. The van der Waals surface area contributed by atoms with E-state index in [4.69, 9.17) is 0 Å². The zero-order valence-electron chi connectivity index (χ0n) is 8.59. The van der Waals surface area contributed by atoms with Crippen molar-refractivity contribution in [2.45, 2.75) is 11.2 Å². The molecule has 0 saturated heterocycles. The summed E-state index contributed by atoms with van der Waals surface area (Å²) in [7, 11) is -1.13. The first-order chi connectivity index (χ1) is 7.19. The van der Waals surface area contributed by atoms with Crippen molar-refractivity contribution < 1.29 is 4.21 Å². The van der Waals surface area contributed by atoms with Crippen LogP contribution in [0.5, 0.6) is 0 Å². The molecule has 4 atom stereocenters. The third-order valence-electron chi connectivity index (χ3n) is 3.13. The van der Waals surface area contributed by atoms with E-state index in [0.717, 1.165) is 0 Å². The molecule has 3 aliphatic rings. The van der Waals surface area contributed by atoms with Crippen molar-refractivity contribution in [3.8, 4) is 6.07 Å². The van der Waals surface area contributed by atoms with E-state index in [9.17, 15) is 9.47 Å². The zero-order valence-corrected chi connectivity index (χ0v) is 9.41. The minimum absolute atomic E-state index is 0.0190. The SMILES string of the molecule is CS(=O)[C@@]1(C#N)C[C@H]2C=C/C=C\[C@@H]1C=C2. The summed E-state index contributed by atoms with van der Waals surface area (Å²) >= 11 is 0. The topological polar surface area (TPSA) is 40.9 Å². The first-order valence-electron chi connectivity index (χ1n) is 4.97. The first-order valence-corrected chi connectivity index (χ1v) is 6.53. The molecule has 0 aliphatic heterocycles. The normalized spacial score (nSPS) is 41.6. The summed E-state index contributed by atoms with van der Waals surface area (Å²) in [5.74, 6) is 0.226. The molecular weight excluding hydrogens is 206 g/mol. The number of fused-ring (bicyclic) bond motifs is 2. The Morgan fingerprint density at radius 1 is 1.33 bits per heavy atom. The van der Waals surface area contributed by atoms with Crippen molar-refractivity contribution in [2.24, 2.45) is 11.8 Å². The summed E-state index contributed by atoms with van der Waals surface area (Å²) in [6, 6.07) is 2.28. The molecule has 0 spiro atoms. The van der Waals surface area contributed by atoms with Gasteiger partial charge in [0.15, 0.2) is 0 Å². The maximum Gasteiger partial charge on any atom is 0.142 e. The molecule has 2 nitrogen and oxygen atoms in total. The Labute approximate surface area is 92.4 Å². The second kappa shape index (κ2) is 3.79. The molecule has 0 saturated carbocycles. The predicted molar refractivity (Wildman–Crippen MR) is 61.4 cm³/mol. The highest BCUT2D eigenvalue weighted by Crippen LogP contribution is 2.38. The largest absolute Gasteiger partial charge is 0.258 e. The molecule has 3 rings (SSSR count). The van der Waals surface area contributed by atoms with Crippen LogP contribution in [0, 0.1) is 23.2 Å². The molecule has 15 heavy (non-hydrogen) atoms. The van der Waals surface area contributed by atoms with Gasteiger partial charge in [-0.1, -0.05) is 36.5 Å². The fraction of sp³-hybridized carbons (Fsp3) is 0.417. The van der Waals surface area contributed by atoms with E-state index < -0.39 is 15.5 Å². The molecule has 0 radical (unpaired) electrons. The predicted octanol–water partition coefficient (Wildman–Crippen LogP) is 1.95. The second-order valence-corrected chi connectivity index (χ2v) is 5.64. The molecule has 0 aromatic heterocycles. The molecule has 0 heterocycles. The van der Waals surface area contributed by atoms with Crippen LogP contribution in [0.3, 0.4) is 0 Å².